The van der Waals surface area contributed by atoms with E-state index in [2.05, 4.69) is 5.32 Å². The van der Waals surface area contributed by atoms with Crippen molar-refractivity contribution in [2.45, 2.75) is 20.3 Å². The largest absolute Gasteiger partial charge is 0.481 e. The summed E-state index contributed by atoms with van der Waals surface area (Å²) in [6.07, 6.45) is 0.000440. The third-order valence-electron chi connectivity index (χ3n) is 2.79. The average Bonchev–Trinajstić information content (AvgIpc) is 2.15. The smallest absolute Gasteiger partial charge is 0.305 e. The van der Waals surface area contributed by atoms with Gasteiger partial charge in [-0.2, -0.15) is 0 Å². The van der Waals surface area contributed by atoms with E-state index in [1.165, 1.54) is 0 Å². The SMILES string of the molecule is CCN(CCC(=O)O)C(=O)C(C)=C1CNC1. The molecule has 1 rings (SSSR count). The summed E-state index contributed by atoms with van der Waals surface area (Å²) in [7, 11) is 0. The van der Waals surface area contributed by atoms with Crippen molar-refractivity contribution in [2.24, 2.45) is 0 Å². The Morgan fingerprint density at radius 1 is 1.44 bits per heavy atom. The topological polar surface area (TPSA) is 69.6 Å². The van der Waals surface area contributed by atoms with Crippen molar-refractivity contribution in [3.8, 4) is 0 Å². The molecule has 1 aliphatic rings. The maximum Gasteiger partial charge on any atom is 0.305 e. The summed E-state index contributed by atoms with van der Waals surface area (Å²) in [5, 5.41) is 11.7. The van der Waals surface area contributed by atoms with Gasteiger partial charge in [0.15, 0.2) is 0 Å². The number of carboxylic acid groups (broad SMARTS) is 1. The van der Waals surface area contributed by atoms with Crippen LogP contribution in [-0.4, -0.2) is 48.1 Å². The zero-order valence-corrected chi connectivity index (χ0v) is 9.75. The van der Waals surface area contributed by atoms with Gasteiger partial charge >= 0.3 is 5.97 Å². The highest BCUT2D eigenvalue weighted by Crippen LogP contribution is 2.12. The van der Waals surface area contributed by atoms with Crippen LogP contribution in [0.3, 0.4) is 0 Å². The first-order valence-corrected chi connectivity index (χ1v) is 5.46. The third-order valence-corrected chi connectivity index (χ3v) is 2.79. The van der Waals surface area contributed by atoms with Gasteiger partial charge < -0.3 is 15.3 Å². The second-order valence-corrected chi connectivity index (χ2v) is 3.86. The first-order chi connectivity index (χ1) is 7.56. The zero-order chi connectivity index (χ0) is 12.1. The van der Waals surface area contributed by atoms with Crippen molar-refractivity contribution in [1.82, 2.24) is 10.2 Å². The van der Waals surface area contributed by atoms with Gasteiger partial charge in [0.1, 0.15) is 0 Å². The molecule has 1 heterocycles. The average molecular weight is 226 g/mol. The fraction of sp³-hybridized carbons (Fsp3) is 0.636. The maximum absolute atomic E-state index is 12.0. The van der Waals surface area contributed by atoms with Gasteiger partial charge in [-0.25, -0.2) is 0 Å². The van der Waals surface area contributed by atoms with Gasteiger partial charge in [0.25, 0.3) is 0 Å². The van der Waals surface area contributed by atoms with Gasteiger partial charge in [-0.15, -0.1) is 0 Å². The molecule has 0 aromatic rings. The summed E-state index contributed by atoms with van der Waals surface area (Å²) in [4.78, 5) is 24.0. The second-order valence-electron chi connectivity index (χ2n) is 3.86. The molecule has 1 saturated heterocycles. The molecule has 0 unspecified atom stereocenters. The lowest BCUT2D eigenvalue weighted by Crippen LogP contribution is -2.39. The molecule has 16 heavy (non-hydrogen) atoms. The van der Waals surface area contributed by atoms with Gasteiger partial charge in [-0.05, 0) is 19.4 Å². The van der Waals surface area contributed by atoms with Crippen molar-refractivity contribution in [3.05, 3.63) is 11.1 Å². The number of hydrogen-bond donors (Lipinski definition) is 2. The van der Waals surface area contributed by atoms with Crippen LogP contribution in [0.15, 0.2) is 11.1 Å². The van der Waals surface area contributed by atoms with Crippen molar-refractivity contribution >= 4 is 11.9 Å². The summed E-state index contributed by atoms with van der Waals surface area (Å²) in [6, 6.07) is 0. The Kier molecular flexibility index (Phi) is 4.49. The van der Waals surface area contributed by atoms with Crippen molar-refractivity contribution in [1.29, 1.82) is 0 Å². The Bertz CT molecular complexity index is 317. The lowest BCUT2D eigenvalue weighted by atomic mass is 10.0. The van der Waals surface area contributed by atoms with Crippen LogP contribution in [0, 0.1) is 0 Å². The highest BCUT2D eigenvalue weighted by atomic mass is 16.4. The van der Waals surface area contributed by atoms with Gasteiger partial charge in [-0.1, -0.05) is 0 Å². The Labute approximate surface area is 95.1 Å². The number of likely N-dealkylation sites (N-methyl/N-ethyl adjacent to an activating group) is 1. The number of carbonyl (C=O) groups excluding carboxylic acids is 1. The third kappa shape index (κ3) is 3.06. The standard InChI is InChI=1S/C11H18N2O3/c1-3-13(5-4-10(14)15)11(16)8(2)9-6-12-7-9/h12H,3-7H2,1-2H3,(H,14,15). The lowest BCUT2D eigenvalue weighted by molar-refractivity contribution is -0.138. The van der Waals surface area contributed by atoms with E-state index in [1.807, 2.05) is 13.8 Å². The molecule has 1 amide bonds. The molecule has 0 radical (unpaired) electrons. The van der Waals surface area contributed by atoms with Crippen molar-refractivity contribution in [2.75, 3.05) is 26.2 Å². The quantitative estimate of drug-likeness (QED) is 0.658. The fourth-order valence-electron chi connectivity index (χ4n) is 1.54. The second kappa shape index (κ2) is 5.65. The predicted octanol–water partition coefficient (Wildman–Crippen LogP) is 0.229. The molecule has 0 saturated carbocycles. The van der Waals surface area contributed by atoms with E-state index in [9.17, 15) is 9.59 Å². The van der Waals surface area contributed by atoms with Gasteiger partial charge in [-0.3, -0.25) is 9.59 Å². The van der Waals surface area contributed by atoms with Crippen molar-refractivity contribution in [3.63, 3.8) is 0 Å². The number of carboxylic acids is 1. The molecule has 0 spiro atoms. The van der Waals surface area contributed by atoms with E-state index >= 15 is 0 Å². The molecule has 0 aliphatic carbocycles. The highest BCUT2D eigenvalue weighted by molar-refractivity contribution is 5.94. The van der Waals surface area contributed by atoms with Crippen LogP contribution in [0.5, 0.6) is 0 Å². The van der Waals surface area contributed by atoms with Crippen LogP contribution in [0.4, 0.5) is 0 Å². The number of hydrogen-bond acceptors (Lipinski definition) is 3. The molecular weight excluding hydrogens is 208 g/mol. The van der Waals surface area contributed by atoms with E-state index in [4.69, 9.17) is 5.11 Å². The van der Waals surface area contributed by atoms with Crippen LogP contribution in [-0.2, 0) is 9.59 Å². The Hall–Kier alpha value is -1.36. The summed E-state index contributed by atoms with van der Waals surface area (Å²) in [5.41, 5.74) is 1.88. The number of carbonyl (C=O) groups is 2. The number of aliphatic carboxylic acids is 1. The summed E-state index contributed by atoms with van der Waals surface area (Å²) >= 11 is 0. The molecule has 5 heteroatoms. The normalized spacial score (nSPS) is 14.2. The predicted molar refractivity (Wildman–Crippen MR) is 60.1 cm³/mol. The van der Waals surface area contributed by atoms with Gasteiger partial charge in [0, 0.05) is 31.8 Å². The Morgan fingerprint density at radius 3 is 2.44 bits per heavy atom. The number of rotatable bonds is 5. The van der Waals surface area contributed by atoms with E-state index in [1.54, 1.807) is 4.90 Å². The minimum atomic E-state index is -0.873. The highest BCUT2D eigenvalue weighted by Gasteiger charge is 2.20. The van der Waals surface area contributed by atoms with E-state index in [0.29, 0.717) is 6.54 Å². The molecule has 0 aromatic carbocycles. The fourth-order valence-corrected chi connectivity index (χ4v) is 1.54. The maximum atomic E-state index is 12.0. The monoisotopic (exact) mass is 226 g/mol. The van der Waals surface area contributed by atoms with Crippen LogP contribution < -0.4 is 5.32 Å². The molecule has 0 bridgehead atoms. The first kappa shape index (κ1) is 12.7. The number of nitrogens with zero attached hydrogens (tertiary/aromatic N) is 1. The molecule has 90 valence electrons. The summed E-state index contributed by atoms with van der Waals surface area (Å²) in [6.45, 7) is 6.04. The number of amides is 1. The molecule has 2 N–H and O–H groups in total. The van der Waals surface area contributed by atoms with E-state index < -0.39 is 5.97 Å². The van der Waals surface area contributed by atoms with Crippen LogP contribution in [0.25, 0.3) is 0 Å². The first-order valence-electron chi connectivity index (χ1n) is 5.46. The molecule has 0 aromatic heterocycles. The molecule has 1 fully saturated rings. The Balaban J connectivity index is 2.58. The van der Waals surface area contributed by atoms with Gasteiger partial charge in [0.2, 0.25) is 5.91 Å². The van der Waals surface area contributed by atoms with Crippen molar-refractivity contribution < 1.29 is 14.7 Å². The number of nitrogens with one attached hydrogen (secondary N) is 1. The van der Waals surface area contributed by atoms with E-state index in [-0.39, 0.29) is 18.9 Å². The summed E-state index contributed by atoms with van der Waals surface area (Å²) in [5.74, 6) is -0.915. The van der Waals surface area contributed by atoms with E-state index in [0.717, 1.165) is 24.2 Å². The molecular formula is C11H18N2O3. The summed E-state index contributed by atoms with van der Waals surface area (Å²) < 4.78 is 0. The van der Waals surface area contributed by atoms with Crippen LogP contribution in [0.1, 0.15) is 20.3 Å². The lowest BCUT2D eigenvalue weighted by Gasteiger charge is -2.26. The molecule has 0 atom stereocenters. The molecule has 5 nitrogen and oxygen atoms in total. The molecule has 1 aliphatic heterocycles. The Morgan fingerprint density at radius 2 is 2.06 bits per heavy atom. The van der Waals surface area contributed by atoms with Crippen LogP contribution >= 0.6 is 0 Å². The zero-order valence-electron chi connectivity index (χ0n) is 9.75. The minimum Gasteiger partial charge on any atom is -0.481 e. The minimum absolute atomic E-state index is 0.000440. The van der Waals surface area contributed by atoms with Crippen LogP contribution in [0.2, 0.25) is 0 Å². The van der Waals surface area contributed by atoms with Gasteiger partial charge in [0.05, 0.1) is 6.42 Å².